The van der Waals surface area contributed by atoms with Crippen molar-refractivity contribution < 1.29 is 19.2 Å². The van der Waals surface area contributed by atoms with Crippen molar-refractivity contribution in [2.24, 2.45) is 20.0 Å². The van der Waals surface area contributed by atoms with E-state index in [0.717, 1.165) is 17.1 Å². The fourth-order valence-electron chi connectivity index (χ4n) is 4.69. The molecule has 0 aliphatic heterocycles. The van der Waals surface area contributed by atoms with E-state index in [2.05, 4.69) is 86.9 Å². The van der Waals surface area contributed by atoms with Gasteiger partial charge < -0.3 is 5.73 Å². The Morgan fingerprint density at radius 1 is 0.545 bits per heavy atom. The van der Waals surface area contributed by atoms with Crippen LogP contribution in [0.25, 0.3) is 33.1 Å². The number of nitrogens with zero attached hydrogens (tertiary/aromatic N) is 11. The number of hydrogen-bond donors (Lipinski definition) is 2. The number of aliphatic imine (C=N–C) groups is 4. The van der Waals surface area contributed by atoms with Gasteiger partial charge in [-0.25, -0.2) is 34.9 Å². The maximum Gasteiger partial charge on any atom is 0.281 e. The third kappa shape index (κ3) is 9.69. The molecule has 0 fully saturated rings. The van der Waals surface area contributed by atoms with Crippen LogP contribution in [-0.2, 0) is 0 Å². The van der Waals surface area contributed by atoms with Crippen molar-refractivity contribution in [3.63, 3.8) is 0 Å². The van der Waals surface area contributed by atoms with E-state index in [1.165, 1.54) is 6.20 Å². The number of nitrogen functional groups attached to an aromatic ring is 1. The third-order valence-corrected chi connectivity index (χ3v) is 7.46. The van der Waals surface area contributed by atoms with Crippen molar-refractivity contribution in [1.82, 2.24) is 40.1 Å². The Morgan fingerprint density at radius 3 is 1.53 bits per heavy atom. The predicted molar refractivity (Wildman–Crippen MR) is 211 cm³/mol. The van der Waals surface area contributed by atoms with Crippen molar-refractivity contribution in [2.45, 2.75) is 20.8 Å². The number of carbonyl (C=O) groups excluding carboxylic acids is 4. The second-order valence-electron chi connectivity index (χ2n) is 11.0. The number of amides is 4. The van der Waals surface area contributed by atoms with Gasteiger partial charge in [0.15, 0.2) is 0 Å². The summed E-state index contributed by atoms with van der Waals surface area (Å²) in [4.78, 5) is 83.7. The number of rotatable bonds is 4. The number of aromatic amines is 1. The van der Waals surface area contributed by atoms with Crippen molar-refractivity contribution in [1.29, 1.82) is 0 Å². The molecule has 4 aromatic heterocycles. The molecule has 0 radical (unpaired) electrons. The van der Waals surface area contributed by atoms with E-state index in [1.807, 2.05) is 32.9 Å². The first kappa shape index (κ1) is 39.8. The SMILES string of the molecule is C=NC(=O)c1cccc2nc(C)c(C)nc12.C=NC(=O)c1cccc2ncc(C)nc12.C=NC(=O)c1cccc2nccnc12.C=NC(=O)c1cn[nH]c1N. The van der Waals surface area contributed by atoms with Crippen molar-refractivity contribution >= 4 is 89.4 Å². The van der Waals surface area contributed by atoms with E-state index >= 15 is 0 Å². The summed E-state index contributed by atoms with van der Waals surface area (Å²) in [7, 11) is 0. The van der Waals surface area contributed by atoms with E-state index < -0.39 is 5.91 Å². The number of H-pyrrole nitrogens is 1. The van der Waals surface area contributed by atoms with Gasteiger partial charge in [-0.1, -0.05) is 18.2 Å². The Bertz CT molecular complexity index is 2610. The molecule has 0 saturated carbocycles. The summed E-state index contributed by atoms with van der Waals surface area (Å²) in [6, 6.07) is 15.7. The molecule has 4 amide bonds. The number of fused-ring (bicyclic) bond motifs is 3. The van der Waals surface area contributed by atoms with Gasteiger partial charge in [0.2, 0.25) is 0 Å². The van der Waals surface area contributed by atoms with Crippen molar-refractivity contribution in [2.75, 3.05) is 5.73 Å². The average Bonchev–Trinajstić information content (AvgIpc) is 3.65. The van der Waals surface area contributed by atoms with Gasteiger partial charge in [-0.05, 0) is 84.0 Å². The number of nitrogens with one attached hydrogen (secondary N) is 1. The van der Waals surface area contributed by atoms with Crippen LogP contribution in [0.5, 0.6) is 0 Å². The molecule has 0 aliphatic rings. The molecule has 0 spiro atoms. The topological polar surface area (TPSA) is 250 Å². The van der Waals surface area contributed by atoms with Crippen LogP contribution in [0.4, 0.5) is 5.82 Å². The molecule has 0 saturated heterocycles. The van der Waals surface area contributed by atoms with Crippen LogP contribution in [-0.4, -0.2) is 90.6 Å². The molecule has 55 heavy (non-hydrogen) atoms. The lowest BCUT2D eigenvalue weighted by atomic mass is 10.1. The highest BCUT2D eigenvalue weighted by molar-refractivity contribution is 6.08. The molecule has 0 unspecified atom stereocenters. The van der Waals surface area contributed by atoms with Gasteiger partial charge in [-0.3, -0.25) is 39.2 Å². The number of aryl methyl sites for hydroxylation is 3. The summed E-state index contributed by atoms with van der Waals surface area (Å²) in [6.45, 7) is 18.3. The smallest absolute Gasteiger partial charge is 0.281 e. The molecule has 3 aromatic carbocycles. The van der Waals surface area contributed by atoms with E-state index in [9.17, 15) is 19.2 Å². The third-order valence-electron chi connectivity index (χ3n) is 7.46. The van der Waals surface area contributed by atoms with Crippen LogP contribution in [0.2, 0.25) is 0 Å². The van der Waals surface area contributed by atoms with Crippen LogP contribution in [0.1, 0.15) is 58.5 Å². The van der Waals surface area contributed by atoms with Gasteiger partial charge in [0.1, 0.15) is 27.9 Å². The summed E-state index contributed by atoms with van der Waals surface area (Å²) in [5, 5.41) is 5.94. The Hall–Kier alpha value is -7.95. The monoisotopic (exact) mass is 735 g/mol. The Balaban J connectivity index is 0.000000165. The van der Waals surface area contributed by atoms with Gasteiger partial charge >= 0.3 is 0 Å². The van der Waals surface area contributed by atoms with Crippen LogP contribution in [0, 0.1) is 20.8 Å². The molecule has 0 aliphatic carbocycles. The zero-order chi connectivity index (χ0) is 40.1. The lowest BCUT2D eigenvalue weighted by Gasteiger charge is -2.04. The van der Waals surface area contributed by atoms with Crippen molar-refractivity contribution in [3.8, 4) is 0 Å². The molecule has 0 bridgehead atoms. The summed E-state index contributed by atoms with van der Waals surface area (Å²) in [5.41, 5.74) is 13.1. The zero-order valence-corrected chi connectivity index (χ0v) is 30.0. The molecule has 17 nitrogen and oxygen atoms in total. The lowest BCUT2D eigenvalue weighted by Crippen LogP contribution is -2.00. The normalized spacial score (nSPS) is 10.0. The highest BCUT2D eigenvalue weighted by Gasteiger charge is 2.12. The molecule has 7 aromatic rings. The number of benzene rings is 3. The van der Waals surface area contributed by atoms with E-state index in [4.69, 9.17) is 5.73 Å². The summed E-state index contributed by atoms with van der Waals surface area (Å²) in [6.07, 6.45) is 6.10. The zero-order valence-electron chi connectivity index (χ0n) is 30.0. The first-order valence-electron chi connectivity index (χ1n) is 15.9. The molecule has 3 N–H and O–H groups in total. The quantitative estimate of drug-likeness (QED) is 0.222. The second kappa shape index (κ2) is 18.5. The summed E-state index contributed by atoms with van der Waals surface area (Å²) < 4.78 is 0. The molecular weight excluding hydrogens is 703 g/mol. The number of hydrogen-bond acceptors (Lipinski definition) is 12. The average molecular weight is 736 g/mol. The van der Waals surface area contributed by atoms with Crippen LogP contribution in [0.15, 0.2) is 99.4 Å². The standard InChI is InChI=1S/C12H11N3O.C11H9N3O.C10H7N3O.C5H6N4O/c1-7-8(2)15-11-9(12(16)13-3)5-4-6-10(11)14-7;1-7-6-13-9-5-3-4-8(10(9)14-7)11(15)12-2;1-11-10(14)7-3-2-4-8-9(7)13-6-5-12-8;1-7-5(10)3-2-8-9-4(3)6/h4-6H,3H2,1-2H3;3-6H,2H2,1H3;2-6H,1H2;2H,1H2,(H3,6,8,9). The van der Waals surface area contributed by atoms with E-state index in [1.54, 1.807) is 61.1 Å². The predicted octanol–water partition coefficient (Wildman–Crippen LogP) is 5.17. The van der Waals surface area contributed by atoms with Crippen LogP contribution in [0.3, 0.4) is 0 Å². The number of anilines is 1. The Kier molecular flexibility index (Phi) is 13.4. The molecular formula is C38H33N13O4. The minimum Gasteiger partial charge on any atom is -0.383 e. The number of para-hydroxylation sites is 3. The first-order chi connectivity index (χ1) is 26.4. The number of aromatic nitrogens is 8. The second-order valence-corrected chi connectivity index (χ2v) is 11.0. The lowest BCUT2D eigenvalue weighted by molar-refractivity contribution is 0.0996. The van der Waals surface area contributed by atoms with Gasteiger partial charge in [0.05, 0.1) is 56.5 Å². The molecule has 7 rings (SSSR count). The first-order valence-corrected chi connectivity index (χ1v) is 15.9. The maximum absolute atomic E-state index is 11.5. The largest absolute Gasteiger partial charge is 0.383 e. The fourth-order valence-corrected chi connectivity index (χ4v) is 4.69. The van der Waals surface area contributed by atoms with Gasteiger partial charge in [-0.15, -0.1) is 0 Å². The molecule has 4 heterocycles. The number of carbonyl (C=O) groups is 4. The molecule has 0 atom stereocenters. The maximum atomic E-state index is 11.5. The van der Waals surface area contributed by atoms with Gasteiger partial charge in [0.25, 0.3) is 23.6 Å². The minimum atomic E-state index is -0.466. The molecule has 274 valence electrons. The van der Waals surface area contributed by atoms with Gasteiger partial charge in [0, 0.05) is 18.6 Å². The van der Waals surface area contributed by atoms with Crippen molar-refractivity contribution in [3.05, 3.63) is 119 Å². The highest BCUT2D eigenvalue weighted by Crippen LogP contribution is 2.18. The Morgan fingerprint density at radius 2 is 1.00 bits per heavy atom. The molecule has 17 heteroatoms. The van der Waals surface area contributed by atoms with E-state index in [-0.39, 0.29) is 29.1 Å². The fraction of sp³-hybridized carbons (Fsp3) is 0.0789. The summed E-state index contributed by atoms with van der Waals surface area (Å²) >= 11 is 0. The number of nitrogens with two attached hydrogens (primary N) is 1. The van der Waals surface area contributed by atoms with Gasteiger partial charge in [-0.2, -0.15) is 5.10 Å². The highest BCUT2D eigenvalue weighted by atomic mass is 16.2. The minimum absolute atomic E-state index is 0.220. The van der Waals surface area contributed by atoms with E-state index in [0.29, 0.717) is 49.8 Å². The van der Waals surface area contributed by atoms with Crippen LogP contribution >= 0.6 is 0 Å². The summed E-state index contributed by atoms with van der Waals surface area (Å²) in [5.74, 6) is -1.37. The Labute approximate surface area is 313 Å². The van der Waals surface area contributed by atoms with Crippen LogP contribution < -0.4 is 5.73 Å².